The van der Waals surface area contributed by atoms with Gasteiger partial charge < -0.3 is 9.47 Å². The van der Waals surface area contributed by atoms with E-state index >= 15 is 0 Å². The standard InChI is InChI=1S/C24H20O2/c1-24(16-15-17-9-3-2-4-10-17)25-22-20-13-7-5-11-18(20)19-12-6-8-14-21(19)23(22)26-24/h2-14H,15-16H2,1H3. The molecule has 1 aliphatic rings. The Labute approximate surface area is 153 Å². The van der Waals surface area contributed by atoms with Crippen LogP contribution in [0.15, 0.2) is 78.9 Å². The van der Waals surface area contributed by atoms with Crippen LogP contribution in [0, 0.1) is 0 Å². The molecule has 2 heteroatoms. The maximum atomic E-state index is 6.42. The summed E-state index contributed by atoms with van der Waals surface area (Å²) in [6.45, 7) is 2.04. The van der Waals surface area contributed by atoms with E-state index in [1.165, 1.54) is 16.3 Å². The van der Waals surface area contributed by atoms with Gasteiger partial charge in [0.25, 0.3) is 0 Å². The van der Waals surface area contributed by atoms with Crippen LogP contribution >= 0.6 is 0 Å². The quantitative estimate of drug-likeness (QED) is 0.419. The van der Waals surface area contributed by atoms with Gasteiger partial charge in [0.15, 0.2) is 11.5 Å². The summed E-state index contributed by atoms with van der Waals surface area (Å²) in [7, 11) is 0. The summed E-state index contributed by atoms with van der Waals surface area (Å²) in [5.74, 6) is 1.09. The molecule has 0 amide bonds. The van der Waals surface area contributed by atoms with Crippen molar-refractivity contribution >= 4 is 21.5 Å². The fourth-order valence-corrected chi connectivity index (χ4v) is 3.85. The maximum Gasteiger partial charge on any atom is 0.249 e. The van der Waals surface area contributed by atoms with E-state index < -0.39 is 5.79 Å². The van der Waals surface area contributed by atoms with Gasteiger partial charge in [-0.3, -0.25) is 0 Å². The molecule has 4 aromatic rings. The molecule has 1 aliphatic heterocycles. The van der Waals surface area contributed by atoms with E-state index in [0.717, 1.165) is 35.1 Å². The molecule has 0 aliphatic carbocycles. The van der Waals surface area contributed by atoms with Gasteiger partial charge in [-0.15, -0.1) is 0 Å². The first kappa shape index (κ1) is 15.3. The second-order valence-corrected chi connectivity index (χ2v) is 7.07. The molecule has 0 N–H and O–H groups in total. The zero-order valence-electron chi connectivity index (χ0n) is 14.7. The molecule has 2 nitrogen and oxygen atoms in total. The number of rotatable bonds is 3. The number of hydrogen-bond donors (Lipinski definition) is 0. The molecule has 0 bridgehead atoms. The molecule has 128 valence electrons. The van der Waals surface area contributed by atoms with Crippen LogP contribution in [0.2, 0.25) is 0 Å². The van der Waals surface area contributed by atoms with Gasteiger partial charge in [0.2, 0.25) is 5.79 Å². The highest BCUT2D eigenvalue weighted by atomic mass is 16.7. The van der Waals surface area contributed by atoms with Crippen LogP contribution in [0.5, 0.6) is 11.5 Å². The van der Waals surface area contributed by atoms with Crippen molar-refractivity contribution in [1.29, 1.82) is 0 Å². The number of ether oxygens (including phenoxy) is 2. The largest absolute Gasteiger partial charge is 0.448 e. The fraction of sp³-hybridized carbons (Fsp3) is 0.167. The summed E-state index contributed by atoms with van der Waals surface area (Å²) in [6, 6.07) is 27.3. The monoisotopic (exact) mass is 340 g/mol. The molecule has 1 heterocycles. The van der Waals surface area contributed by atoms with Gasteiger partial charge in [-0.2, -0.15) is 0 Å². The van der Waals surface area contributed by atoms with Crippen molar-refractivity contribution in [2.75, 3.05) is 0 Å². The Balaban J connectivity index is 1.58. The van der Waals surface area contributed by atoms with E-state index in [0.29, 0.717) is 0 Å². The van der Waals surface area contributed by atoms with E-state index in [2.05, 4.69) is 72.8 Å². The van der Waals surface area contributed by atoms with Gasteiger partial charge in [-0.05, 0) is 22.8 Å². The van der Waals surface area contributed by atoms with Crippen LogP contribution in [-0.4, -0.2) is 5.79 Å². The lowest BCUT2D eigenvalue weighted by atomic mass is 10.0. The van der Waals surface area contributed by atoms with Gasteiger partial charge in [-0.1, -0.05) is 78.9 Å². The smallest absolute Gasteiger partial charge is 0.249 e. The minimum Gasteiger partial charge on any atom is -0.448 e. The molecule has 0 saturated heterocycles. The lowest BCUT2D eigenvalue weighted by Crippen LogP contribution is -2.35. The minimum absolute atomic E-state index is 0.648. The van der Waals surface area contributed by atoms with Crippen molar-refractivity contribution in [2.24, 2.45) is 0 Å². The first-order valence-electron chi connectivity index (χ1n) is 9.09. The average molecular weight is 340 g/mol. The van der Waals surface area contributed by atoms with Crippen molar-refractivity contribution in [3.05, 3.63) is 84.4 Å². The van der Waals surface area contributed by atoms with Crippen LogP contribution in [-0.2, 0) is 6.42 Å². The number of benzene rings is 4. The number of hydrogen-bond acceptors (Lipinski definition) is 2. The Morgan fingerprint density at radius 1 is 0.615 bits per heavy atom. The lowest BCUT2D eigenvalue weighted by Gasteiger charge is -2.23. The third-order valence-corrected chi connectivity index (χ3v) is 5.19. The highest BCUT2D eigenvalue weighted by molar-refractivity contribution is 6.14. The Bertz CT molecular complexity index is 1030. The molecule has 26 heavy (non-hydrogen) atoms. The first-order chi connectivity index (χ1) is 12.7. The van der Waals surface area contributed by atoms with Gasteiger partial charge in [-0.25, -0.2) is 0 Å². The number of fused-ring (bicyclic) bond motifs is 6. The van der Waals surface area contributed by atoms with Crippen LogP contribution in [0.25, 0.3) is 21.5 Å². The van der Waals surface area contributed by atoms with Crippen molar-refractivity contribution < 1.29 is 9.47 Å². The molecule has 0 atom stereocenters. The highest BCUT2D eigenvalue weighted by Crippen LogP contribution is 2.50. The second-order valence-electron chi connectivity index (χ2n) is 7.07. The Morgan fingerprint density at radius 3 is 1.62 bits per heavy atom. The number of aryl methyl sites for hydroxylation is 1. The molecular weight excluding hydrogens is 320 g/mol. The SMILES string of the molecule is CC1(CCc2ccccc2)Oc2c(c3ccccc3c3ccccc23)O1. The fourth-order valence-electron chi connectivity index (χ4n) is 3.85. The summed E-state index contributed by atoms with van der Waals surface area (Å²) in [5.41, 5.74) is 1.30. The Kier molecular flexibility index (Phi) is 3.39. The first-order valence-corrected chi connectivity index (χ1v) is 9.09. The van der Waals surface area contributed by atoms with E-state index in [1.807, 2.05) is 13.0 Å². The highest BCUT2D eigenvalue weighted by Gasteiger charge is 2.38. The maximum absolute atomic E-state index is 6.42. The topological polar surface area (TPSA) is 18.5 Å². The van der Waals surface area contributed by atoms with Crippen LogP contribution in [0.4, 0.5) is 0 Å². The van der Waals surface area contributed by atoms with Crippen molar-refractivity contribution in [1.82, 2.24) is 0 Å². The zero-order valence-corrected chi connectivity index (χ0v) is 14.7. The predicted octanol–water partition coefficient (Wildman–Crippen LogP) is 6.11. The lowest BCUT2D eigenvalue weighted by molar-refractivity contribution is -0.0665. The van der Waals surface area contributed by atoms with Gasteiger partial charge in [0.1, 0.15) is 0 Å². The third kappa shape index (κ3) is 2.41. The minimum atomic E-state index is -0.648. The second kappa shape index (κ2) is 5.77. The van der Waals surface area contributed by atoms with Crippen LogP contribution in [0.3, 0.4) is 0 Å². The van der Waals surface area contributed by atoms with Gasteiger partial charge in [0.05, 0.1) is 0 Å². The third-order valence-electron chi connectivity index (χ3n) is 5.19. The van der Waals surface area contributed by atoms with E-state index in [9.17, 15) is 0 Å². The van der Waals surface area contributed by atoms with E-state index in [-0.39, 0.29) is 0 Å². The van der Waals surface area contributed by atoms with Gasteiger partial charge in [0, 0.05) is 24.1 Å². The van der Waals surface area contributed by atoms with Crippen LogP contribution < -0.4 is 9.47 Å². The molecule has 5 rings (SSSR count). The molecule has 0 spiro atoms. The van der Waals surface area contributed by atoms with Crippen LogP contribution in [0.1, 0.15) is 18.9 Å². The predicted molar refractivity (Wildman–Crippen MR) is 106 cm³/mol. The molecule has 0 radical (unpaired) electrons. The summed E-state index contributed by atoms with van der Waals surface area (Å²) >= 11 is 0. The summed E-state index contributed by atoms with van der Waals surface area (Å²) < 4.78 is 12.8. The molecule has 0 aromatic heterocycles. The zero-order chi connectivity index (χ0) is 17.6. The summed E-state index contributed by atoms with van der Waals surface area (Å²) in [5, 5.41) is 4.64. The van der Waals surface area contributed by atoms with Crippen molar-refractivity contribution in [3.8, 4) is 11.5 Å². The Hall–Kier alpha value is -3.00. The molecule has 0 unspecified atom stereocenters. The Morgan fingerprint density at radius 2 is 1.08 bits per heavy atom. The normalized spacial score (nSPS) is 14.8. The van der Waals surface area contributed by atoms with Crippen molar-refractivity contribution in [2.45, 2.75) is 25.6 Å². The molecular formula is C24H20O2. The molecule has 0 saturated carbocycles. The summed E-state index contributed by atoms with van der Waals surface area (Å²) in [6.07, 6.45) is 1.72. The average Bonchev–Trinajstić information content (AvgIpc) is 3.06. The van der Waals surface area contributed by atoms with E-state index in [4.69, 9.17) is 9.47 Å². The molecule has 4 aromatic carbocycles. The summed E-state index contributed by atoms with van der Waals surface area (Å²) in [4.78, 5) is 0. The van der Waals surface area contributed by atoms with Crippen molar-refractivity contribution in [3.63, 3.8) is 0 Å². The molecule has 0 fully saturated rings. The van der Waals surface area contributed by atoms with E-state index in [1.54, 1.807) is 0 Å². The van der Waals surface area contributed by atoms with Gasteiger partial charge >= 0.3 is 0 Å².